The predicted molar refractivity (Wildman–Crippen MR) is 94.5 cm³/mol. The lowest BCUT2D eigenvalue weighted by molar-refractivity contribution is 0.496. The highest BCUT2D eigenvalue weighted by Crippen LogP contribution is 2.45. The summed E-state index contributed by atoms with van der Waals surface area (Å²) < 4.78 is 0. The summed E-state index contributed by atoms with van der Waals surface area (Å²) in [4.78, 5) is 0. The van der Waals surface area contributed by atoms with Crippen molar-refractivity contribution in [2.75, 3.05) is 0 Å². The van der Waals surface area contributed by atoms with E-state index in [1.165, 1.54) is 36.8 Å². The molecule has 2 aromatic carbocycles. The van der Waals surface area contributed by atoms with Crippen LogP contribution in [0, 0.1) is 5.92 Å². The van der Waals surface area contributed by atoms with E-state index < -0.39 is 0 Å². The van der Waals surface area contributed by atoms with Crippen LogP contribution in [0.25, 0.3) is 11.1 Å². The summed E-state index contributed by atoms with van der Waals surface area (Å²) in [6.07, 6.45) is 5.16. The van der Waals surface area contributed by atoms with Crippen molar-refractivity contribution >= 4 is 0 Å². The molecule has 0 aliphatic heterocycles. The zero-order valence-electron chi connectivity index (χ0n) is 14.0. The Morgan fingerprint density at radius 1 is 0.818 bits per heavy atom. The molecule has 2 aromatic rings. The smallest absolute Gasteiger partial charge is 0.0133 e. The number of hydrogen-bond donors (Lipinski definition) is 0. The van der Waals surface area contributed by atoms with Crippen LogP contribution in [0.2, 0.25) is 0 Å². The summed E-state index contributed by atoms with van der Waals surface area (Å²) in [7, 11) is 0. The van der Waals surface area contributed by atoms with Crippen LogP contribution in [0.15, 0.2) is 36.4 Å². The van der Waals surface area contributed by atoms with Gasteiger partial charge in [0.1, 0.15) is 0 Å². The lowest BCUT2D eigenvalue weighted by atomic mass is 9.87. The Kier molecular flexibility index (Phi) is 3.36. The van der Waals surface area contributed by atoms with Crippen molar-refractivity contribution in [2.24, 2.45) is 5.92 Å². The van der Waals surface area contributed by atoms with Gasteiger partial charge in [-0.25, -0.2) is 0 Å². The third-order valence-corrected chi connectivity index (χ3v) is 5.98. The van der Waals surface area contributed by atoms with Crippen LogP contribution in [0.5, 0.6) is 0 Å². The third-order valence-electron chi connectivity index (χ3n) is 5.98. The molecule has 0 spiro atoms. The molecule has 0 bridgehead atoms. The Labute approximate surface area is 134 Å². The quantitative estimate of drug-likeness (QED) is 0.628. The molecule has 22 heavy (non-hydrogen) atoms. The van der Waals surface area contributed by atoms with Crippen molar-refractivity contribution < 1.29 is 0 Å². The monoisotopic (exact) mass is 290 g/mol. The highest BCUT2D eigenvalue weighted by Gasteiger charge is 2.28. The van der Waals surface area contributed by atoms with E-state index in [0.29, 0.717) is 0 Å². The number of benzene rings is 2. The highest BCUT2D eigenvalue weighted by molar-refractivity contribution is 5.75. The van der Waals surface area contributed by atoms with E-state index in [1.807, 2.05) is 0 Å². The summed E-state index contributed by atoms with van der Waals surface area (Å²) in [6.45, 7) is 7.11. The fourth-order valence-electron chi connectivity index (χ4n) is 4.75. The Morgan fingerprint density at radius 3 is 2.09 bits per heavy atom. The molecule has 0 fully saturated rings. The van der Waals surface area contributed by atoms with E-state index in [1.54, 1.807) is 22.3 Å². The van der Waals surface area contributed by atoms with Crippen molar-refractivity contribution in [1.82, 2.24) is 0 Å². The average molecular weight is 290 g/mol. The van der Waals surface area contributed by atoms with Gasteiger partial charge in [0.15, 0.2) is 0 Å². The van der Waals surface area contributed by atoms with E-state index in [4.69, 9.17) is 0 Å². The van der Waals surface area contributed by atoms with E-state index in [2.05, 4.69) is 57.2 Å². The Morgan fingerprint density at radius 2 is 1.41 bits per heavy atom. The fraction of sp³-hybridized carbons (Fsp3) is 0.455. The Balaban J connectivity index is 1.87. The van der Waals surface area contributed by atoms with Gasteiger partial charge in [0, 0.05) is 0 Å². The summed E-state index contributed by atoms with van der Waals surface area (Å²) in [5.41, 5.74) is 9.50. The van der Waals surface area contributed by atoms with Crippen LogP contribution in [-0.2, 0) is 12.8 Å². The standard InChI is InChI=1S/C22H26/c1-14(2)16-12-13-22-18(16)7-5-9-20(22)19-8-4-6-17-15(3)10-11-21(17)19/h4-9,14-16H,10-13H2,1-3H3. The first-order chi connectivity index (χ1) is 10.7. The van der Waals surface area contributed by atoms with Gasteiger partial charge in [-0.3, -0.25) is 0 Å². The maximum Gasteiger partial charge on any atom is -0.0133 e. The third kappa shape index (κ3) is 2.04. The molecular formula is C22H26. The Bertz CT molecular complexity index is 708. The lowest BCUT2D eigenvalue weighted by Crippen LogP contribution is -2.02. The van der Waals surface area contributed by atoms with Crippen LogP contribution in [0.3, 0.4) is 0 Å². The van der Waals surface area contributed by atoms with Gasteiger partial charge in [-0.2, -0.15) is 0 Å². The molecule has 2 aliphatic carbocycles. The van der Waals surface area contributed by atoms with E-state index in [0.717, 1.165) is 17.8 Å². The van der Waals surface area contributed by atoms with Gasteiger partial charge in [-0.1, -0.05) is 57.2 Å². The molecule has 0 saturated heterocycles. The molecule has 114 valence electrons. The van der Waals surface area contributed by atoms with Crippen LogP contribution in [0.1, 0.15) is 67.7 Å². The van der Waals surface area contributed by atoms with Gasteiger partial charge in [0.2, 0.25) is 0 Å². The van der Waals surface area contributed by atoms with Gasteiger partial charge in [-0.05, 0) is 76.8 Å². The minimum absolute atomic E-state index is 0.732. The van der Waals surface area contributed by atoms with Crippen LogP contribution in [-0.4, -0.2) is 0 Å². The second-order valence-corrected chi connectivity index (χ2v) is 7.58. The van der Waals surface area contributed by atoms with Crippen molar-refractivity contribution in [3.8, 4) is 11.1 Å². The maximum absolute atomic E-state index is 2.38. The first kappa shape index (κ1) is 14.1. The first-order valence-corrected chi connectivity index (χ1v) is 8.90. The van der Waals surface area contributed by atoms with Crippen molar-refractivity contribution in [3.05, 3.63) is 58.7 Å². The number of hydrogen-bond acceptors (Lipinski definition) is 0. The normalized spacial score (nSPS) is 22.9. The molecule has 0 radical (unpaired) electrons. The second kappa shape index (κ2) is 5.26. The summed E-state index contributed by atoms with van der Waals surface area (Å²) in [5.74, 6) is 2.23. The Hall–Kier alpha value is -1.56. The molecule has 0 N–H and O–H groups in total. The van der Waals surface area contributed by atoms with E-state index in [-0.39, 0.29) is 0 Å². The molecule has 2 aliphatic rings. The average Bonchev–Trinajstić information content (AvgIpc) is 3.11. The molecular weight excluding hydrogens is 264 g/mol. The molecule has 2 unspecified atom stereocenters. The van der Waals surface area contributed by atoms with Crippen molar-refractivity contribution in [3.63, 3.8) is 0 Å². The fourth-order valence-corrected chi connectivity index (χ4v) is 4.75. The predicted octanol–water partition coefficient (Wildman–Crippen LogP) is 6.09. The molecule has 2 atom stereocenters. The lowest BCUT2D eigenvalue weighted by Gasteiger charge is -2.17. The van der Waals surface area contributed by atoms with E-state index >= 15 is 0 Å². The molecule has 0 saturated carbocycles. The molecule has 4 rings (SSSR count). The zero-order chi connectivity index (χ0) is 15.3. The van der Waals surface area contributed by atoms with Gasteiger partial charge in [0.25, 0.3) is 0 Å². The molecule has 0 amide bonds. The highest BCUT2D eigenvalue weighted by atomic mass is 14.3. The van der Waals surface area contributed by atoms with Crippen LogP contribution in [0.4, 0.5) is 0 Å². The van der Waals surface area contributed by atoms with Gasteiger partial charge >= 0.3 is 0 Å². The summed E-state index contributed by atoms with van der Waals surface area (Å²) in [5, 5.41) is 0. The second-order valence-electron chi connectivity index (χ2n) is 7.58. The van der Waals surface area contributed by atoms with Gasteiger partial charge < -0.3 is 0 Å². The zero-order valence-corrected chi connectivity index (χ0v) is 14.0. The van der Waals surface area contributed by atoms with Gasteiger partial charge in [0.05, 0.1) is 0 Å². The first-order valence-electron chi connectivity index (χ1n) is 8.90. The van der Waals surface area contributed by atoms with Crippen LogP contribution >= 0.6 is 0 Å². The van der Waals surface area contributed by atoms with Crippen molar-refractivity contribution in [2.45, 2.75) is 58.3 Å². The molecule has 0 nitrogen and oxygen atoms in total. The summed E-state index contributed by atoms with van der Waals surface area (Å²) >= 11 is 0. The maximum atomic E-state index is 2.38. The van der Waals surface area contributed by atoms with Crippen LogP contribution < -0.4 is 0 Å². The number of fused-ring (bicyclic) bond motifs is 2. The topological polar surface area (TPSA) is 0 Å². The summed E-state index contributed by atoms with van der Waals surface area (Å²) in [6, 6.07) is 14.0. The van der Waals surface area contributed by atoms with Crippen molar-refractivity contribution in [1.29, 1.82) is 0 Å². The minimum Gasteiger partial charge on any atom is -0.0622 e. The molecule has 0 heteroatoms. The molecule has 0 aromatic heterocycles. The number of rotatable bonds is 2. The van der Waals surface area contributed by atoms with Gasteiger partial charge in [-0.15, -0.1) is 0 Å². The molecule has 0 heterocycles. The van der Waals surface area contributed by atoms with E-state index in [9.17, 15) is 0 Å². The largest absolute Gasteiger partial charge is 0.0622 e. The SMILES string of the molecule is CC1CCc2c(-c3cccc4c3CCC4C(C)C)cccc21. The minimum atomic E-state index is 0.732.